The summed E-state index contributed by atoms with van der Waals surface area (Å²) in [7, 11) is 0. The molecule has 9 heteroatoms. The number of rotatable bonds is 8. The molecule has 0 saturated carbocycles. The van der Waals surface area contributed by atoms with E-state index in [-0.39, 0.29) is 17.4 Å². The van der Waals surface area contributed by atoms with Gasteiger partial charge in [0.05, 0.1) is 13.2 Å². The highest BCUT2D eigenvalue weighted by molar-refractivity contribution is 8.56. The zero-order chi connectivity index (χ0) is 17.5. The van der Waals surface area contributed by atoms with Crippen LogP contribution >= 0.6 is 29.9 Å². The van der Waals surface area contributed by atoms with Crippen LogP contribution < -0.4 is 0 Å². The maximum atomic E-state index is 13.4. The number of carbonyl (C=O) groups is 1. The average Bonchev–Trinajstić information content (AvgIpc) is 2.98. The first-order chi connectivity index (χ1) is 10.9. The quantitative estimate of drug-likeness (QED) is 0.271. The van der Waals surface area contributed by atoms with Crippen molar-refractivity contribution in [1.82, 2.24) is 4.67 Å². The van der Waals surface area contributed by atoms with Crippen molar-refractivity contribution >= 4 is 35.8 Å². The lowest BCUT2D eigenvalue weighted by molar-refractivity contribution is -0.138. The van der Waals surface area contributed by atoms with Gasteiger partial charge in [-0.2, -0.15) is 5.26 Å². The first-order valence-electron chi connectivity index (χ1n) is 7.58. The highest BCUT2D eigenvalue weighted by Gasteiger charge is 2.41. The topological polar surface area (TPSA) is 79.6 Å². The van der Waals surface area contributed by atoms with Crippen molar-refractivity contribution in [2.24, 2.45) is 0 Å². The Balaban J connectivity index is 3.22. The van der Waals surface area contributed by atoms with Gasteiger partial charge in [-0.05, 0) is 31.7 Å². The molecule has 0 aromatic heterocycles. The summed E-state index contributed by atoms with van der Waals surface area (Å²) in [4.78, 5) is 12.0. The van der Waals surface area contributed by atoms with Gasteiger partial charge in [-0.25, -0.2) is 4.79 Å². The van der Waals surface area contributed by atoms with Crippen LogP contribution in [0, 0.1) is 11.3 Å². The van der Waals surface area contributed by atoms with Gasteiger partial charge >= 0.3 is 12.7 Å². The van der Waals surface area contributed by atoms with E-state index in [9.17, 15) is 14.6 Å². The van der Waals surface area contributed by atoms with E-state index in [1.165, 1.54) is 23.1 Å². The first-order valence-corrected chi connectivity index (χ1v) is 11.6. The van der Waals surface area contributed by atoms with Crippen molar-refractivity contribution in [3.63, 3.8) is 0 Å². The number of nitriles is 1. The molecule has 23 heavy (non-hydrogen) atoms. The molecule has 0 bridgehead atoms. The second-order valence-corrected chi connectivity index (χ2v) is 10.5. The minimum Gasteiger partial charge on any atom is -0.462 e. The van der Waals surface area contributed by atoms with Crippen molar-refractivity contribution in [1.29, 1.82) is 5.26 Å². The van der Waals surface area contributed by atoms with Crippen LogP contribution in [0.3, 0.4) is 0 Å². The minimum absolute atomic E-state index is 0.0981. The molecule has 0 N–H and O–H groups in total. The molecular weight excluding hydrogens is 355 g/mol. The SMILES string of the molecule is CCOC(=O)C(C#N)=C1SCCN1P(=O)(OCC)SC(C)CC. The molecule has 1 saturated heterocycles. The molecule has 1 rings (SSSR count). The van der Waals surface area contributed by atoms with Crippen molar-refractivity contribution < 1.29 is 18.6 Å². The number of hydrogen-bond acceptors (Lipinski definition) is 7. The van der Waals surface area contributed by atoms with E-state index in [0.717, 1.165) is 6.42 Å². The normalized spacial score (nSPS) is 20.6. The standard InChI is InChI=1S/C14H23N2O4PS2/c1-5-11(4)23-21(18,20-7-3)16-8-9-22-13(16)12(10-15)14(17)19-6-2/h11H,5-9H2,1-4H3. The molecule has 2 unspecified atom stereocenters. The summed E-state index contributed by atoms with van der Waals surface area (Å²) < 4.78 is 25.5. The number of hydrogen-bond donors (Lipinski definition) is 0. The zero-order valence-corrected chi connectivity index (χ0v) is 16.4. The summed E-state index contributed by atoms with van der Waals surface area (Å²) in [5, 5.41) is 9.89. The van der Waals surface area contributed by atoms with Gasteiger partial charge in [0.2, 0.25) is 0 Å². The number of ether oxygens (including phenoxy) is 1. The molecule has 1 fully saturated rings. The summed E-state index contributed by atoms with van der Waals surface area (Å²) in [6.07, 6.45) is 0.852. The molecular formula is C14H23N2O4PS2. The fourth-order valence-electron chi connectivity index (χ4n) is 1.85. The highest BCUT2D eigenvalue weighted by atomic mass is 32.7. The van der Waals surface area contributed by atoms with Gasteiger partial charge in [0.25, 0.3) is 0 Å². The Morgan fingerprint density at radius 1 is 1.48 bits per heavy atom. The summed E-state index contributed by atoms with van der Waals surface area (Å²) in [5.74, 6) is -0.0288. The van der Waals surface area contributed by atoms with Gasteiger partial charge in [-0.15, -0.1) is 11.8 Å². The Labute approximate surface area is 146 Å². The summed E-state index contributed by atoms with van der Waals surface area (Å²) >= 11 is 2.62. The fourth-order valence-corrected chi connectivity index (χ4v) is 8.67. The molecule has 6 nitrogen and oxygen atoms in total. The summed E-state index contributed by atoms with van der Waals surface area (Å²) in [6, 6.07) is 1.90. The van der Waals surface area contributed by atoms with Crippen LogP contribution in [-0.4, -0.2) is 41.4 Å². The van der Waals surface area contributed by atoms with Crippen molar-refractivity contribution in [3.8, 4) is 6.07 Å². The number of thioether (sulfide) groups is 1. The fraction of sp³-hybridized carbons (Fsp3) is 0.714. The molecule has 0 aromatic carbocycles. The van der Waals surface area contributed by atoms with E-state index in [0.29, 0.717) is 23.9 Å². The van der Waals surface area contributed by atoms with E-state index in [4.69, 9.17) is 9.26 Å². The van der Waals surface area contributed by atoms with Crippen LogP contribution in [0.5, 0.6) is 0 Å². The molecule has 0 radical (unpaired) electrons. The number of nitrogens with zero attached hydrogens (tertiary/aromatic N) is 2. The molecule has 1 heterocycles. The molecule has 0 spiro atoms. The van der Waals surface area contributed by atoms with Gasteiger partial charge in [-0.1, -0.05) is 13.8 Å². The largest absolute Gasteiger partial charge is 0.462 e. The van der Waals surface area contributed by atoms with Crippen LogP contribution in [0.1, 0.15) is 34.1 Å². The number of esters is 1. The summed E-state index contributed by atoms with van der Waals surface area (Å²) in [6.45, 7) is 5.23. The molecule has 0 aromatic rings. The monoisotopic (exact) mass is 378 g/mol. The third kappa shape index (κ3) is 5.18. The third-order valence-electron chi connectivity index (χ3n) is 3.06. The van der Waals surface area contributed by atoms with Crippen LogP contribution in [0.4, 0.5) is 0 Å². The molecule has 1 aliphatic heterocycles. The van der Waals surface area contributed by atoms with Gasteiger partial charge in [0.15, 0.2) is 5.57 Å². The Hall–Kier alpha value is -0.610. The molecule has 0 aliphatic carbocycles. The zero-order valence-electron chi connectivity index (χ0n) is 13.9. The van der Waals surface area contributed by atoms with Crippen LogP contribution in [0.15, 0.2) is 10.6 Å². The Morgan fingerprint density at radius 3 is 2.70 bits per heavy atom. The Kier molecular flexibility index (Phi) is 8.56. The molecule has 130 valence electrons. The first kappa shape index (κ1) is 20.4. The predicted octanol–water partition coefficient (Wildman–Crippen LogP) is 4.01. The van der Waals surface area contributed by atoms with Gasteiger partial charge in [0.1, 0.15) is 11.1 Å². The Morgan fingerprint density at radius 2 is 2.17 bits per heavy atom. The van der Waals surface area contributed by atoms with Crippen LogP contribution in [0.2, 0.25) is 0 Å². The summed E-state index contributed by atoms with van der Waals surface area (Å²) in [5.41, 5.74) is -0.0981. The van der Waals surface area contributed by atoms with E-state index < -0.39 is 12.7 Å². The molecule has 2 atom stereocenters. The minimum atomic E-state index is -3.21. The van der Waals surface area contributed by atoms with Crippen LogP contribution in [-0.2, 0) is 18.6 Å². The van der Waals surface area contributed by atoms with Gasteiger partial charge in [-0.3, -0.25) is 9.24 Å². The lowest BCUT2D eigenvalue weighted by Crippen LogP contribution is -2.20. The van der Waals surface area contributed by atoms with Crippen molar-refractivity contribution in [2.45, 2.75) is 39.4 Å². The van der Waals surface area contributed by atoms with Crippen LogP contribution in [0.25, 0.3) is 0 Å². The van der Waals surface area contributed by atoms with Gasteiger partial charge < -0.3 is 9.26 Å². The highest BCUT2D eigenvalue weighted by Crippen LogP contribution is 2.68. The van der Waals surface area contributed by atoms with Crippen molar-refractivity contribution in [2.75, 3.05) is 25.5 Å². The smallest absolute Gasteiger partial charge is 0.354 e. The lowest BCUT2D eigenvalue weighted by Gasteiger charge is -2.30. The lowest BCUT2D eigenvalue weighted by atomic mass is 10.3. The van der Waals surface area contributed by atoms with Crippen molar-refractivity contribution in [3.05, 3.63) is 10.6 Å². The predicted molar refractivity (Wildman–Crippen MR) is 95.0 cm³/mol. The van der Waals surface area contributed by atoms with E-state index >= 15 is 0 Å². The average molecular weight is 378 g/mol. The third-order valence-corrected chi connectivity index (χ3v) is 9.60. The molecule has 1 aliphatic rings. The Bertz CT molecular complexity index is 547. The van der Waals surface area contributed by atoms with E-state index in [1.807, 2.05) is 19.9 Å². The maximum absolute atomic E-state index is 13.4. The van der Waals surface area contributed by atoms with E-state index in [1.54, 1.807) is 18.5 Å². The maximum Gasteiger partial charge on any atom is 0.354 e. The second kappa shape index (κ2) is 9.63. The van der Waals surface area contributed by atoms with E-state index in [2.05, 4.69) is 0 Å². The number of carbonyl (C=O) groups excluding carboxylic acids is 1. The van der Waals surface area contributed by atoms with Gasteiger partial charge in [0, 0.05) is 17.5 Å². The second-order valence-electron chi connectivity index (χ2n) is 4.69. The molecule has 0 amide bonds.